The topological polar surface area (TPSA) is 0 Å². The molecule has 21 aromatic rings. The molecule has 0 aromatic heterocycles. The first kappa shape index (κ1) is 96.5. The summed E-state index contributed by atoms with van der Waals surface area (Å²) < 4.78 is 0. The fourth-order valence-corrected chi connectivity index (χ4v) is 21.3. The summed E-state index contributed by atoms with van der Waals surface area (Å²) in [6.07, 6.45) is 6.20. The molecule has 0 saturated carbocycles. The van der Waals surface area contributed by atoms with Crippen molar-refractivity contribution in [1.82, 2.24) is 0 Å². The zero-order valence-corrected chi connectivity index (χ0v) is 84.7. The Morgan fingerprint density at radius 3 is 0.632 bits per heavy atom. The maximum atomic E-state index is 2.38. The molecule has 0 saturated heterocycles. The Morgan fingerprint density at radius 2 is 0.347 bits per heavy atom. The normalized spacial score (nSPS) is 12.0. The van der Waals surface area contributed by atoms with E-state index in [1.54, 1.807) is 0 Å². The van der Waals surface area contributed by atoms with Gasteiger partial charge in [0.1, 0.15) is 0 Å². The molecule has 3 aliphatic rings. The lowest BCUT2D eigenvalue weighted by Crippen LogP contribution is -2.28. The van der Waals surface area contributed by atoms with Crippen LogP contribution in [-0.4, -0.2) is 0 Å². The third-order valence-electron chi connectivity index (χ3n) is 29.1. The van der Waals surface area contributed by atoms with Gasteiger partial charge < -0.3 is 0 Å². The third-order valence-corrected chi connectivity index (χ3v) is 29.1. The molecule has 3 aliphatic carbocycles. The molecule has 0 spiro atoms. The van der Waals surface area contributed by atoms with E-state index < -0.39 is 0 Å². The molecule has 0 radical (unpaired) electrons. The lowest BCUT2D eigenvalue weighted by atomic mass is 9.67. The Labute approximate surface area is 855 Å². The Bertz CT molecular complexity index is 7580. The number of hydrogen-bond acceptors (Lipinski definition) is 0. The largest absolute Gasteiger partial charge is 0.0713 e. The molecule has 0 N–H and O–H groups in total. The van der Waals surface area contributed by atoms with E-state index in [4.69, 9.17) is 0 Å². The van der Waals surface area contributed by atoms with Gasteiger partial charge in [0.2, 0.25) is 0 Å². The highest BCUT2D eigenvalue weighted by atomic mass is 14.5. The smallest absolute Gasteiger partial charge is 0.0622 e. The van der Waals surface area contributed by atoms with E-state index in [1.807, 2.05) is 0 Å². The number of benzene rings is 21. The summed E-state index contributed by atoms with van der Waals surface area (Å²) >= 11 is 0. The molecule has 0 fully saturated rings. The van der Waals surface area contributed by atoms with Crippen molar-refractivity contribution in [3.63, 3.8) is 0 Å². The summed E-state index contributed by atoms with van der Waals surface area (Å²) in [7, 11) is 0. The highest BCUT2D eigenvalue weighted by Gasteiger charge is 2.47. The van der Waals surface area contributed by atoms with Crippen molar-refractivity contribution in [3.05, 3.63) is 654 Å². The maximum absolute atomic E-state index is 2.38. The van der Waals surface area contributed by atoms with Gasteiger partial charge in [-0.15, -0.1) is 0 Å². The molecule has 0 aliphatic heterocycles. The van der Waals surface area contributed by atoms with Crippen LogP contribution in [-0.2, 0) is 49.4 Å². The fraction of sp³-hybridized carbons (Fsp3) is 0.125. The SMILES string of the molecule is CCc1ccc(-c2ccc(Cc3ccc(-c4ccc(C)cc4)cc3)cc2)cc1.CCc1ccc(-c2ccc(Cc3ccc(Cc4ccc(C)cc4)cc3)cc2)cc1.Cc1ccc(-c2ccccc2-c2ccc(C)cc2)cc1.Cc1ccc2c(c1)C(c1ccccc1)(c1ccccc1)c1cc(C)ccc1-2.Cc1ccc2c(c1)Cc1cc(C)ccc1-2.c1ccc(C2(c3ccccc3)c3ccccc3-c3ccccc32)cc1. The van der Waals surface area contributed by atoms with E-state index >= 15 is 0 Å². The van der Waals surface area contributed by atoms with Crippen molar-refractivity contribution >= 4 is 0 Å². The van der Waals surface area contributed by atoms with Crippen molar-refractivity contribution < 1.29 is 0 Å². The molecule has 0 amide bonds. The first-order valence-electron chi connectivity index (χ1n) is 51.2. The first-order chi connectivity index (χ1) is 70.5. The van der Waals surface area contributed by atoms with E-state index in [0.717, 1.165) is 38.5 Å². The Kier molecular flexibility index (Phi) is 29.9. The Morgan fingerprint density at radius 1 is 0.153 bits per heavy atom. The number of aryl methyl sites for hydroxylation is 10. The van der Waals surface area contributed by atoms with Gasteiger partial charge in [-0.2, -0.15) is 0 Å². The second-order valence-electron chi connectivity index (χ2n) is 39.3. The second-order valence-corrected chi connectivity index (χ2v) is 39.3. The minimum atomic E-state index is -0.273. The molecule has 0 unspecified atom stereocenters. The average molecular weight is 1860 g/mol. The zero-order valence-electron chi connectivity index (χ0n) is 84.7. The summed E-state index contributed by atoms with van der Waals surface area (Å²) in [5.74, 6) is 0. The molecule has 0 bridgehead atoms. The quantitative estimate of drug-likeness (QED) is 0.0852. The van der Waals surface area contributed by atoms with Gasteiger partial charge >= 0.3 is 0 Å². The minimum absolute atomic E-state index is 0.254. The Hall–Kier alpha value is -16.4. The summed E-state index contributed by atoms with van der Waals surface area (Å²) in [6.45, 7) is 21.6. The first-order valence-corrected chi connectivity index (χ1v) is 51.2. The number of rotatable bonds is 17. The average Bonchev–Trinajstić information content (AvgIpc) is 1.49. The molecule has 0 atom stereocenters. The summed E-state index contributed by atoms with van der Waals surface area (Å²) in [5, 5.41) is 0. The summed E-state index contributed by atoms with van der Waals surface area (Å²) in [6, 6.07) is 186. The van der Waals surface area contributed by atoms with Crippen molar-refractivity contribution in [2.75, 3.05) is 0 Å². The lowest BCUT2D eigenvalue weighted by Gasteiger charge is -2.34. The van der Waals surface area contributed by atoms with E-state index in [1.165, 1.54) is 234 Å². The number of fused-ring (bicyclic) bond motifs is 9. The monoisotopic (exact) mass is 1850 g/mol. The van der Waals surface area contributed by atoms with Gasteiger partial charge in [0.15, 0.2) is 0 Å². The molecule has 21 aromatic carbocycles. The molecular weight excluding hydrogens is 1730 g/mol. The van der Waals surface area contributed by atoms with Gasteiger partial charge in [-0.25, -0.2) is 0 Å². The molecule has 144 heavy (non-hydrogen) atoms. The predicted octanol–water partition coefficient (Wildman–Crippen LogP) is 37.1. The van der Waals surface area contributed by atoms with Crippen molar-refractivity contribution in [2.45, 2.75) is 119 Å². The second kappa shape index (κ2) is 44.6. The third kappa shape index (κ3) is 21.6. The zero-order chi connectivity index (χ0) is 98.9. The van der Waals surface area contributed by atoms with Crippen LogP contribution >= 0.6 is 0 Å². The van der Waals surface area contributed by atoms with Crippen LogP contribution in [0.4, 0.5) is 0 Å². The highest BCUT2D eigenvalue weighted by Crippen LogP contribution is 2.58. The van der Waals surface area contributed by atoms with Crippen LogP contribution in [0.3, 0.4) is 0 Å². The van der Waals surface area contributed by atoms with Crippen LogP contribution in [0.25, 0.3) is 89.0 Å². The molecule has 0 heterocycles. The fourth-order valence-electron chi connectivity index (χ4n) is 21.3. The highest BCUT2D eigenvalue weighted by molar-refractivity contribution is 5.89. The summed E-state index contributed by atoms with van der Waals surface area (Å²) in [5.41, 5.74) is 55.7. The molecule has 0 nitrogen and oxygen atoms in total. The van der Waals surface area contributed by atoms with Crippen LogP contribution in [0, 0.1) is 55.4 Å². The van der Waals surface area contributed by atoms with E-state index in [2.05, 4.69) is 579 Å². The van der Waals surface area contributed by atoms with Gasteiger partial charge in [0.25, 0.3) is 0 Å². The number of hydrogen-bond donors (Lipinski definition) is 0. The van der Waals surface area contributed by atoms with Gasteiger partial charge in [-0.1, -0.05) is 568 Å². The molecule has 24 rings (SSSR count). The van der Waals surface area contributed by atoms with Gasteiger partial charge in [-0.3, -0.25) is 0 Å². The Balaban J connectivity index is 0.000000110. The van der Waals surface area contributed by atoms with Crippen LogP contribution < -0.4 is 0 Å². The van der Waals surface area contributed by atoms with Crippen LogP contribution in [0.1, 0.15) is 158 Å². The maximum Gasteiger partial charge on any atom is 0.0713 e. The predicted molar refractivity (Wildman–Crippen MR) is 613 cm³/mol. The van der Waals surface area contributed by atoms with Crippen LogP contribution in [0.5, 0.6) is 0 Å². The molecule has 0 heteroatoms. The lowest BCUT2D eigenvalue weighted by molar-refractivity contribution is 0.766. The molecular formula is C144H126. The molecule has 702 valence electrons. The van der Waals surface area contributed by atoms with Crippen LogP contribution in [0.2, 0.25) is 0 Å². The standard InChI is InChI=1S/C29H28.C28H26.C27H22.C25H18.C20H18.C15H14/c1-3-23-12-16-28(17-13-23)29-18-14-27(15-19-29)21-26-10-8-25(9-11-26)20-24-6-4-22(2)5-7-24;1-3-22-6-14-26(15-7-22)28-18-10-24(11-19-28)20-23-8-16-27(17-9-23)25-12-4-21(2)5-13-25;1-19-13-15-23-24-16-14-20(2)18-26(24)27(25(23)17-19,21-9-5-3-6-10-21)22-11-7-4-8-12-22;1-3-11-19(12-4-1)25(20-13-5-2-6-14-20)23-17-9-7-15-21(23)22-16-8-10-18-24(22)25;1-15-7-11-17(12-8-15)19-5-3-4-6-20(19)18-13-9-16(2)10-14-18;1-10-3-5-14-12(7-10)9-13-8-11(2)4-6-15(13)14/h4-19H,3,20-21H2,1-2H3;4-19H,3,20H2,1-2H3;3-18H,1-2H3;1-18H;3-14H,1-2H3;3-8H,9H2,1-2H3. The van der Waals surface area contributed by atoms with Crippen molar-refractivity contribution in [1.29, 1.82) is 0 Å². The van der Waals surface area contributed by atoms with Gasteiger partial charge in [-0.05, 0) is 283 Å². The van der Waals surface area contributed by atoms with E-state index in [0.29, 0.717) is 0 Å². The van der Waals surface area contributed by atoms with Gasteiger partial charge in [0.05, 0.1) is 10.8 Å². The minimum Gasteiger partial charge on any atom is -0.0622 e. The van der Waals surface area contributed by atoms with E-state index in [-0.39, 0.29) is 10.8 Å². The summed E-state index contributed by atoms with van der Waals surface area (Å²) in [4.78, 5) is 0. The van der Waals surface area contributed by atoms with E-state index in [9.17, 15) is 0 Å². The van der Waals surface area contributed by atoms with Crippen molar-refractivity contribution in [3.8, 4) is 89.0 Å². The van der Waals surface area contributed by atoms with Crippen LogP contribution in [0.15, 0.2) is 510 Å². The van der Waals surface area contributed by atoms with Gasteiger partial charge in [0, 0.05) is 0 Å². The van der Waals surface area contributed by atoms with Crippen molar-refractivity contribution in [2.24, 2.45) is 0 Å².